The zero-order valence-electron chi connectivity index (χ0n) is 16.9. The van der Waals surface area contributed by atoms with Gasteiger partial charge in [0.15, 0.2) is 17.5 Å². The monoisotopic (exact) mass is 420 g/mol. The van der Waals surface area contributed by atoms with Crippen LogP contribution in [-0.2, 0) is 6.42 Å². The van der Waals surface area contributed by atoms with E-state index in [0.29, 0.717) is 11.5 Å². The minimum Gasteiger partial charge on any atom is -0.206 e. The predicted molar refractivity (Wildman–Crippen MR) is 116 cm³/mol. The molecule has 0 N–H and O–H groups in total. The average molecular weight is 420 g/mol. The molecule has 1 atom stereocenters. The van der Waals surface area contributed by atoms with Gasteiger partial charge in [0.1, 0.15) is 5.82 Å². The minimum atomic E-state index is -1.57. The third kappa shape index (κ3) is 4.53. The van der Waals surface area contributed by atoms with Gasteiger partial charge in [0.2, 0.25) is 0 Å². The molecular weight excluding hydrogens is 400 g/mol. The lowest BCUT2D eigenvalue weighted by molar-refractivity contribution is 0.447. The van der Waals surface area contributed by atoms with E-state index in [1.807, 2.05) is 42.5 Å². The van der Waals surface area contributed by atoms with Crippen LogP contribution in [-0.4, -0.2) is 0 Å². The molecule has 0 aliphatic heterocycles. The standard InChI is InChI=1S/C27H20F4/c1-17(19-5-3-2-4-6-19)13-18-7-9-20(10-8-18)21-11-12-23(24(28)14-21)22-15-25(29)27(31)26(30)16-22/h2-12,14-17H,13H2,1H3/t17-/m0/s1. The second-order valence-corrected chi connectivity index (χ2v) is 7.66. The van der Waals surface area contributed by atoms with Crippen LogP contribution in [0.4, 0.5) is 17.6 Å². The molecule has 0 saturated heterocycles. The van der Waals surface area contributed by atoms with Gasteiger partial charge in [0.25, 0.3) is 0 Å². The molecule has 0 amide bonds. The zero-order chi connectivity index (χ0) is 22.0. The first-order valence-electron chi connectivity index (χ1n) is 10.0. The first kappa shape index (κ1) is 20.9. The second kappa shape index (κ2) is 8.76. The topological polar surface area (TPSA) is 0 Å². The van der Waals surface area contributed by atoms with Crippen molar-refractivity contribution in [3.63, 3.8) is 0 Å². The summed E-state index contributed by atoms with van der Waals surface area (Å²) in [4.78, 5) is 0. The lowest BCUT2D eigenvalue weighted by Gasteiger charge is -2.13. The average Bonchev–Trinajstić information content (AvgIpc) is 2.78. The van der Waals surface area contributed by atoms with Crippen molar-refractivity contribution in [1.29, 1.82) is 0 Å². The number of halogens is 4. The van der Waals surface area contributed by atoms with E-state index in [2.05, 4.69) is 19.1 Å². The summed E-state index contributed by atoms with van der Waals surface area (Å²) in [6.07, 6.45) is 0.888. The molecule has 4 aromatic rings. The normalized spacial score (nSPS) is 12.0. The maximum absolute atomic E-state index is 14.7. The van der Waals surface area contributed by atoms with E-state index in [9.17, 15) is 17.6 Å². The Hall–Kier alpha value is -3.40. The van der Waals surface area contributed by atoms with E-state index in [4.69, 9.17) is 0 Å². The summed E-state index contributed by atoms with van der Waals surface area (Å²) in [5.41, 5.74) is 3.89. The van der Waals surface area contributed by atoms with Crippen LogP contribution < -0.4 is 0 Å². The van der Waals surface area contributed by atoms with Gasteiger partial charge >= 0.3 is 0 Å². The molecule has 0 fully saturated rings. The number of rotatable bonds is 5. The van der Waals surface area contributed by atoms with Crippen LogP contribution in [0.5, 0.6) is 0 Å². The predicted octanol–water partition coefficient (Wildman–Crippen LogP) is 7.92. The van der Waals surface area contributed by atoms with E-state index < -0.39 is 23.3 Å². The highest BCUT2D eigenvalue weighted by Gasteiger charge is 2.15. The van der Waals surface area contributed by atoms with Gasteiger partial charge in [0, 0.05) is 5.56 Å². The Balaban J connectivity index is 1.54. The fourth-order valence-corrected chi connectivity index (χ4v) is 3.73. The van der Waals surface area contributed by atoms with Gasteiger partial charge < -0.3 is 0 Å². The van der Waals surface area contributed by atoms with Gasteiger partial charge in [0.05, 0.1) is 0 Å². The van der Waals surface area contributed by atoms with E-state index in [0.717, 1.165) is 24.1 Å². The molecule has 31 heavy (non-hydrogen) atoms. The lowest BCUT2D eigenvalue weighted by Crippen LogP contribution is -1.98. The first-order valence-corrected chi connectivity index (χ1v) is 10.0. The minimum absolute atomic E-state index is 0.00913. The third-order valence-corrected chi connectivity index (χ3v) is 5.46. The maximum Gasteiger partial charge on any atom is 0.194 e. The largest absolute Gasteiger partial charge is 0.206 e. The Labute approximate surface area is 178 Å². The summed E-state index contributed by atoms with van der Waals surface area (Å²) in [6, 6.07) is 24.2. The van der Waals surface area contributed by atoms with E-state index in [-0.39, 0.29) is 11.1 Å². The van der Waals surface area contributed by atoms with E-state index in [1.165, 1.54) is 23.3 Å². The Bertz CT molecular complexity index is 1170. The molecule has 0 nitrogen and oxygen atoms in total. The highest BCUT2D eigenvalue weighted by Crippen LogP contribution is 2.30. The molecule has 0 aliphatic rings. The summed E-state index contributed by atoms with van der Waals surface area (Å²) >= 11 is 0. The van der Waals surface area contributed by atoms with Gasteiger partial charge in [-0.1, -0.05) is 73.7 Å². The third-order valence-electron chi connectivity index (χ3n) is 5.46. The van der Waals surface area contributed by atoms with E-state index in [1.54, 1.807) is 6.07 Å². The van der Waals surface area contributed by atoms with Crippen molar-refractivity contribution >= 4 is 0 Å². The van der Waals surface area contributed by atoms with Crippen LogP contribution in [0.1, 0.15) is 24.0 Å². The van der Waals surface area contributed by atoms with Crippen molar-refractivity contribution < 1.29 is 17.6 Å². The van der Waals surface area contributed by atoms with Crippen molar-refractivity contribution in [2.75, 3.05) is 0 Å². The molecule has 0 bridgehead atoms. The fourth-order valence-electron chi connectivity index (χ4n) is 3.73. The van der Waals surface area contributed by atoms with Gasteiger partial charge in [-0.3, -0.25) is 0 Å². The molecule has 0 heterocycles. The summed E-state index contributed by atoms with van der Waals surface area (Å²) in [5.74, 6) is -4.52. The van der Waals surface area contributed by atoms with Crippen LogP contribution in [0.2, 0.25) is 0 Å². The molecule has 4 rings (SSSR count). The molecule has 0 aromatic heterocycles. The van der Waals surface area contributed by atoms with Crippen LogP contribution >= 0.6 is 0 Å². The molecular formula is C27H20F4. The Morgan fingerprint density at radius 2 is 1.19 bits per heavy atom. The number of hydrogen-bond acceptors (Lipinski definition) is 0. The zero-order valence-corrected chi connectivity index (χ0v) is 16.9. The van der Waals surface area contributed by atoms with Crippen molar-refractivity contribution in [1.82, 2.24) is 0 Å². The van der Waals surface area contributed by atoms with Crippen LogP contribution in [0.15, 0.2) is 84.9 Å². The molecule has 156 valence electrons. The van der Waals surface area contributed by atoms with Gasteiger partial charge in [-0.2, -0.15) is 0 Å². The second-order valence-electron chi connectivity index (χ2n) is 7.66. The number of benzene rings is 4. The van der Waals surface area contributed by atoms with Gasteiger partial charge in [-0.25, -0.2) is 17.6 Å². The van der Waals surface area contributed by atoms with Crippen LogP contribution in [0.3, 0.4) is 0 Å². The molecule has 0 aliphatic carbocycles. The van der Waals surface area contributed by atoms with Crippen molar-refractivity contribution in [3.05, 3.63) is 119 Å². The molecule has 4 heteroatoms. The highest BCUT2D eigenvalue weighted by molar-refractivity contribution is 5.71. The molecule has 0 radical (unpaired) electrons. The van der Waals surface area contributed by atoms with Crippen molar-refractivity contribution in [2.45, 2.75) is 19.3 Å². The Kier molecular flexibility index (Phi) is 5.90. The van der Waals surface area contributed by atoms with E-state index >= 15 is 0 Å². The van der Waals surface area contributed by atoms with Gasteiger partial charge in [-0.05, 0) is 58.4 Å². The van der Waals surface area contributed by atoms with Crippen LogP contribution in [0, 0.1) is 23.3 Å². The van der Waals surface area contributed by atoms with Gasteiger partial charge in [-0.15, -0.1) is 0 Å². The van der Waals surface area contributed by atoms with Crippen molar-refractivity contribution in [2.24, 2.45) is 0 Å². The number of hydrogen-bond donors (Lipinski definition) is 0. The fraction of sp³-hybridized carbons (Fsp3) is 0.111. The summed E-state index contributed by atoms with van der Waals surface area (Å²) < 4.78 is 54.9. The summed E-state index contributed by atoms with van der Waals surface area (Å²) in [7, 11) is 0. The first-order chi connectivity index (χ1) is 14.9. The van der Waals surface area contributed by atoms with Crippen molar-refractivity contribution in [3.8, 4) is 22.3 Å². The maximum atomic E-state index is 14.7. The molecule has 4 aromatic carbocycles. The quantitative estimate of drug-likeness (QED) is 0.227. The summed E-state index contributed by atoms with van der Waals surface area (Å²) in [5, 5.41) is 0. The van der Waals surface area contributed by atoms with Crippen LogP contribution in [0.25, 0.3) is 22.3 Å². The molecule has 0 unspecified atom stereocenters. The summed E-state index contributed by atoms with van der Waals surface area (Å²) in [6.45, 7) is 2.18. The molecule has 0 spiro atoms. The SMILES string of the molecule is C[C@@H](Cc1ccc(-c2ccc(-c3cc(F)c(F)c(F)c3)c(F)c2)cc1)c1ccccc1. The highest BCUT2D eigenvalue weighted by atomic mass is 19.2. The lowest BCUT2D eigenvalue weighted by atomic mass is 9.92. The Morgan fingerprint density at radius 1 is 0.613 bits per heavy atom. The smallest absolute Gasteiger partial charge is 0.194 e. The Morgan fingerprint density at radius 3 is 1.81 bits per heavy atom. The molecule has 0 saturated carbocycles.